The SMILES string of the molecule is CC(C)CNCC1(O)CCOC(C(C)C)C1. The van der Waals surface area contributed by atoms with Gasteiger partial charge in [0.15, 0.2) is 0 Å². The number of rotatable bonds is 5. The summed E-state index contributed by atoms with van der Waals surface area (Å²) in [6.07, 6.45) is 1.72. The number of hydrogen-bond acceptors (Lipinski definition) is 3. The molecule has 1 saturated heterocycles. The summed E-state index contributed by atoms with van der Waals surface area (Å²) < 4.78 is 5.67. The Bertz CT molecular complexity index is 206. The van der Waals surface area contributed by atoms with Gasteiger partial charge in [0.2, 0.25) is 0 Å². The van der Waals surface area contributed by atoms with Gasteiger partial charge in [-0.2, -0.15) is 0 Å². The molecule has 1 rings (SSSR count). The topological polar surface area (TPSA) is 41.5 Å². The first-order valence-electron chi connectivity index (χ1n) is 6.47. The highest BCUT2D eigenvalue weighted by molar-refractivity contribution is 4.88. The van der Waals surface area contributed by atoms with Crippen LogP contribution in [0.25, 0.3) is 0 Å². The zero-order valence-electron chi connectivity index (χ0n) is 11.1. The predicted octanol–water partition coefficient (Wildman–Crippen LogP) is 1.80. The van der Waals surface area contributed by atoms with E-state index in [9.17, 15) is 5.11 Å². The lowest BCUT2D eigenvalue weighted by Crippen LogP contribution is -2.49. The van der Waals surface area contributed by atoms with Crippen LogP contribution < -0.4 is 5.32 Å². The van der Waals surface area contributed by atoms with Gasteiger partial charge in [0, 0.05) is 26.0 Å². The number of ether oxygens (including phenoxy) is 1. The van der Waals surface area contributed by atoms with Gasteiger partial charge in [-0.1, -0.05) is 27.7 Å². The zero-order valence-corrected chi connectivity index (χ0v) is 11.1. The van der Waals surface area contributed by atoms with E-state index in [1.165, 1.54) is 0 Å². The van der Waals surface area contributed by atoms with Gasteiger partial charge in [0.05, 0.1) is 11.7 Å². The van der Waals surface area contributed by atoms with E-state index in [1.807, 2.05) is 0 Å². The summed E-state index contributed by atoms with van der Waals surface area (Å²) in [6, 6.07) is 0. The van der Waals surface area contributed by atoms with Crippen LogP contribution in [0.2, 0.25) is 0 Å². The van der Waals surface area contributed by atoms with Crippen molar-refractivity contribution in [2.75, 3.05) is 19.7 Å². The molecule has 0 aromatic rings. The van der Waals surface area contributed by atoms with Crippen LogP contribution in [0.5, 0.6) is 0 Å². The van der Waals surface area contributed by atoms with Gasteiger partial charge in [-0.25, -0.2) is 0 Å². The van der Waals surface area contributed by atoms with Crippen LogP contribution in [-0.4, -0.2) is 36.5 Å². The van der Waals surface area contributed by atoms with Crippen molar-refractivity contribution in [3.8, 4) is 0 Å². The van der Waals surface area contributed by atoms with Gasteiger partial charge >= 0.3 is 0 Å². The van der Waals surface area contributed by atoms with Crippen LogP contribution in [0.15, 0.2) is 0 Å². The fourth-order valence-electron chi connectivity index (χ4n) is 2.12. The average molecular weight is 229 g/mol. The maximum atomic E-state index is 10.5. The lowest BCUT2D eigenvalue weighted by Gasteiger charge is -2.38. The molecule has 0 aromatic carbocycles. The standard InChI is InChI=1S/C13H27NO2/c1-10(2)8-14-9-13(15)5-6-16-12(7-13)11(3)4/h10-12,14-15H,5-9H2,1-4H3. The third kappa shape index (κ3) is 4.40. The molecule has 0 saturated carbocycles. The molecule has 0 amide bonds. The fraction of sp³-hybridized carbons (Fsp3) is 1.00. The molecule has 1 heterocycles. The molecule has 0 spiro atoms. The average Bonchev–Trinajstić information content (AvgIpc) is 2.16. The Hall–Kier alpha value is -0.120. The number of aliphatic hydroxyl groups is 1. The summed E-state index contributed by atoms with van der Waals surface area (Å²) in [5.74, 6) is 1.11. The summed E-state index contributed by atoms with van der Waals surface area (Å²) in [5, 5.41) is 13.8. The van der Waals surface area contributed by atoms with Crippen molar-refractivity contribution in [1.29, 1.82) is 0 Å². The maximum absolute atomic E-state index is 10.5. The second-order valence-corrected chi connectivity index (χ2v) is 5.86. The van der Waals surface area contributed by atoms with E-state index in [0.717, 1.165) is 19.4 Å². The lowest BCUT2D eigenvalue weighted by molar-refractivity contribution is -0.115. The molecule has 0 aliphatic carbocycles. The molecular formula is C13H27NO2. The first kappa shape index (κ1) is 13.9. The second kappa shape index (κ2) is 5.99. The van der Waals surface area contributed by atoms with E-state index in [2.05, 4.69) is 33.0 Å². The summed E-state index contributed by atoms with van der Waals surface area (Å²) >= 11 is 0. The Labute approximate surface area is 99.6 Å². The van der Waals surface area contributed by atoms with Crippen molar-refractivity contribution in [3.63, 3.8) is 0 Å². The van der Waals surface area contributed by atoms with Gasteiger partial charge in [0.1, 0.15) is 0 Å². The highest BCUT2D eigenvalue weighted by Crippen LogP contribution is 2.28. The third-order valence-corrected chi connectivity index (χ3v) is 3.23. The van der Waals surface area contributed by atoms with Crippen molar-refractivity contribution in [2.24, 2.45) is 11.8 Å². The second-order valence-electron chi connectivity index (χ2n) is 5.86. The molecule has 1 aliphatic rings. The molecule has 0 bridgehead atoms. The highest BCUT2D eigenvalue weighted by Gasteiger charge is 2.35. The molecule has 1 aliphatic heterocycles. The molecule has 96 valence electrons. The van der Waals surface area contributed by atoms with E-state index in [-0.39, 0.29) is 6.10 Å². The van der Waals surface area contributed by atoms with Crippen molar-refractivity contribution in [1.82, 2.24) is 5.32 Å². The number of nitrogens with one attached hydrogen (secondary N) is 1. The third-order valence-electron chi connectivity index (χ3n) is 3.23. The minimum absolute atomic E-state index is 0.208. The van der Waals surface area contributed by atoms with Crippen LogP contribution in [-0.2, 0) is 4.74 Å². The van der Waals surface area contributed by atoms with E-state index < -0.39 is 5.60 Å². The molecular weight excluding hydrogens is 202 g/mol. The first-order chi connectivity index (χ1) is 7.43. The van der Waals surface area contributed by atoms with Crippen LogP contribution in [0, 0.1) is 11.8 Å². The summed E-state index contributed by atoms with van der Waals surface area (Å²) in [6.45, 7) is 11.0. The molecule has 3 heteroatoms. The van der Waals surface area contributed by atoms with Crippen LogP contribution in [0.1, 0.15) is 40.5 Å². The van der Waals surface area contributed by atoms with Gasteiger partial charge in [-0.05, 0) is 18.4 Å². The maximum Gasteiger partial charge on any atom is 0.0818 e. The Kier molecular flexibility index (Phi) is 5.22. The molecule has 2 N–H and O–H groups in total. The van der Waals surface area contributed by atoms with Gasteiger partial charge in [-0.15, -0.1) is 0 Å². The van der Waals surface area contributed by atoms with Gasteiger partial charge in [0.25, 0.3) is 0 Å². The molecule has 16 heavy (non-hydrogen) atoms. The normalized spacial score (nSPS) is 31.3. The quantitative estimate of drug-likeness (QED) is 0.755. The van der Waals surface area contributed by atoms with E-state index >= 15 is 0 Å². The van der Waals surface area contributed by atoms with Crippen LogP contribution >= 0.6 is 0 Å². The van der Waals surface area contributed by atoms with Crippen LogP contribution in [0.4, 0.5) is 0 Å². The van der Waals surface area contributed by atoms with Crippen molar-refractivity contribution < 1.29 is 9.84 Å². The van der Waals surface area contributed by atoms with E-state index in [4.69, 9.17) is 4.74 Å². The lowest BCUT2D eigenvalue weighted by atomic mass is 9.86. The van der Waals surface area contributed by atoms with Crippen molar-refractivity contribution >= 4 is 0 Å². The Balaban J connectivity index is 2.37. The molecule has 0 radical (unpaired) electrons. The van der Waals surface area contributed by atoms with E-state index in [1.54, 1.807) is 0 Å². The van der Waals surface area contributed by atoms with Crippen molar-refractivity contribution in [3.05, 3.63) is 0 Å². The molecule has 0 aromatic heterocycles. The molecule has 2 atom stereocenters. The zero-order chi connectivity index (χ0) is 12.2. The highest BCUT2D eigenvalue weighted by atomic mass is 16.5. The summed E-state index contributed by atoms with van der Waals surface area (Å²) in [4.78, 5) is 0. The fourth-order valence-corrected chi connectivity index (χ4v) is 2.12. The van der Waals surface area contributed by atoms with E-state index in [0.29, 0.717) is 25.0 Å². The summed E-state index contributed by atoms with van der Waals surface area (Å²) in [7, 11) is 0. The summed E-state index contributed by atoms with van der Waals surface area (Å²) in [5.41, 5.74) is -0.567. The monoisotopic (exact) mass is 229 g/mol. The minimum atomic E-state index is -0.567. The van der Waals surface area contributed by atoms with Crippen LogP contribution in [0.3, 0.4) is 0 Å². The Morgan fingerprint density at radius 1 is 1.38 bits per heavy atom. The largest absolute Gasteiger partial charge is 0.388 e. The Morgan fingerprint density at radius 2 is 2.06 bits per heavy atom. The molecule has 3 nitrogen and oxygen atoms in total. The smallest absolute Gasteiger partial charge is 0.0818 e. The first-order valence-corrected chi connectivity index (χ1v) is 6.47. The number of hydrogen-bond donors (Lipinski definition) is 2. The van der Waals surface area contributed by atoms with Crippen molar-refractivity contribution in [2.45, 2.75) is 52.2 Å². The predicted molar refractivity (Wildman–Crippen MR) is 66.5 cm³/mol. The van der Waals surface area contributed by atoms with Gasteiger partial charge < -0.3 is 15.2 Å². The van der Waals surface area contributed by atoms with Gasteiger partial charge in [-0.3, -0.25) is 0 Å². The molecule has 2 unspecified atom stereocenters. The molecule has 1 fully saturated rings. The minimum Gasteiger partial charge on any atom is -0.388 e. The Morgan fingerprint density at radius 3 is 2.62 bits per heavy atom.